The Labute approximate surface area is 364 Å². The molecule has 0 bridgehead atoms. The molecule has 5 aromatic rings. The second-order valence-electron chi connectivity index (χ2n) is 18.7. The molecule has 61 heavy (non-hydrogen) atoms. The van der Waals surface area contributed by atoms with E-state index in [4.69, 9.17) is 42.6 Å². The van der Waals surface area contributed by atoms with Crippen LogP contribution in [0.3, 0.4) is 0 Å². The van der Waals surface area contributed by atoms with E-state index in [2.05, 4.69) is 56.3 Å². The molecule has 2 aromatic heterocycles. The fourth-order valence-electron chi connectivity index (χ4n) is 7.70. The normalized spacial score (nSPS) is 21.6. The molecule has 2 fully saturated rings. The molecule has 14 heteroatoms. The third kappa shape index (κ3) is 8.94. The number of carbonyl (C=O) groups is 1. The van der Waals surface area contributed by atoms with Gasteiger partial charge in [-0.2, -0.15) is 0 Å². The van der Waals surface area contributed by atoms with Crippen LogP contribution in [0.5, 0.6) is 11.5 Å². The maximum atomic E-state index is 12.9. The van der Waals surface area contributed by atoms with Gasteiger partial charge in [-0.25, -0.2) is 14.8 Å². The molecule has 4 heterocycles. The molecule has 2 saturated heterocycles. The molecule has 0 unspecified atom stereocenters. The maximum absolute atomic E-state index is 12.9. The van der Waals surface area contributed by atoms with E-state index < -0.39 is 55.3 Å². The lowest BCUT2D eigenvalue weighted by molar-refractivity contribution is -0.232. The van der Waals surface area contributed by atoms with Crippen LogP contribution in [0.15, 0.2) is 90.6 Å². The van der Waals surface area contributed by atoms with E-state index in [1.54, 1.807) is 14.2 Å². The van der Waals surface area contributed by atoms with E-state index in [1.807, 2.05) is 107 Å². The average molecular weight is 870 g/mol. The van der Waals surface area contributed by atoms with Gasteiger partial charge in [0, 0.05) is 5.56 Å². The Bertz CT molecular complexity index is 2260. The van der Waals surface area contributed by atoms with Crippen molar-refractivity contribution in [2.45, 2.75) is 114 Å². The number of nitrogens with one attached hydrogen (secondary N) is 1. The van der Waals surface area contributed by atoms with Gasteiger partial charge in [0.25, 0.3) is 0 Å². The summed E-state index contributed by atoms with van der Waals surface area (Å²) in [4.78, 5) is 22.1. The van der Waals surface area contributed by atoms with Gasteiger partial charge >= 0.3 is 6.09 Å². The summed E-state index contributed by atoms with van der Waals surface area (Å²) in [5, 5.41) is 4.71. The molecule has 1 amide bonds. The van der Waals surface area contributed by atoms with Crippen molar-refractivity contribution >= 4 is 41.8 Å². The van der Waals surface area contributed by atoms with E-state index >= 15 is 0 Å². The first-order chi connectivity index (χ1) is 28.7. The number of anilines is 1. The predicted molar refractivity (Wildman–Crippen MR) is 239 cm³/mol. The van der Waals surface area contributed by atoms with E-state index in [0.29, 0.717) is 16.0 Å². The third-order valence-corrected chi connectivity index (χ3v) is 17.3. The highest BCUT2D eigenvalue weighted by Gasteiger charge is 2.65. The number of methoxy groups -OCH3 is 2. The SMILES string of the molecule is COc1ccc(C(OC[C@]2(CO[Si](C)(C)C(C)(C)C)O[C@@H](c3csc4c(NC(=O)OC(C)(C)C)ncnc34)[C@@H]3OC(C)(C)O[C@@H]32)(c2ccccc2)c2ccc(OC)cc2)cc1. The maximum Gasteiger partial charge on any atom is 0.413 e. The topological polar surface area (TPSA) is 129 Å². The first-order valence-corrected chi connectivity index (χ1v) is 24.4. The number of hydrogen-bond donors (Lipinski definition) is 1. The van der Waals surface area contributed by atoms with Crippen molar-refractivity contribution in [2.24, 2.45) is 0 Å². The van der Waals surface area contributed by atoms with Gasteiger partial charge in [-0.15, -0.1) is 11.3 Å². The van der Waals surface area contributed by atoms with Crippen LogP contribution < -0.4 is 14.8 Å². The van der Waals surface area contributed by atoms with E-state index in [9.17, 15) is 4.79 Å². The molecule has 0 aliphatic carbocycles. The summed E-state index contributed by atoms with van der Waals surface area (Å²) >= 11 is 1.41. The summed E-state index contributed by atoms with van der Waals surface area (Å²) in [5.41, 5.74) is 1.03. The Morgan fingerprint density at radius 3 is 1.95 bits per heavy atom. The lowest BCUT2D eigenvalue weighted by Gasteiger charge is -2.43. The molecular formula is C47H59N3O9SSi. The molecule has 1 N–H and O–H groups in total. The van der Waals surface area contributed by atoms with E-state index in [-0.39, 0.29) is 18.3 Å². The van der Waals surface area contributed by atoms with Crippen LogP contribution in [0.1, 0.15) is 83.7 Å². The Balaban J connectivity index is 1.37. The number of benzene rings is 3. The molecule has 7 rings (SSSR count). The number of rotatable bonds is 13. The molecule has 2 aliphatic rings. The first-order valence-electron chi connectivity index (χ1n) is 20.6. The molecule has 0 spiro atoms. The minimum atomic E-state index is -2.39. The summed E-state index contributed by atoms with van der Waals surface area (Å²) in [7, 11) is 0.920. The minimum absolute atomic E-state index is 0.0359. The molecule has 0 saturated carbocycles. The van der Waals surface area contributed by atoms with Crippen molar-refractivity contribution < 1.29 is 42.4 Å². The van der Waals surface area contributed by atoms with Crippen molar-refractivity contribution in [3.05, 3.63) is 113 Å². The molecule has 326 valence electrons. The molecule has 3 aromatic carbocycles. The van der Waals surface area contributed by atoms with Crippen LogP contribution in [-0.4, -0.2) is 81.0 Å². The summed E-state index contributed by atoms with van der Waals surface area (Å²) < 4.78 is 53.4. The highest BCUT2D eigenvalue weighted by molar-refractivity contribution is 7.18. The van der Waals surface area contributed by atoms with Crippen LogP contribution in [0.2, 0.25) is 18.1 Å². The third-order valence-electron chi connectivity index (χ3n) is 11.8. The summed E-state index contributed by atoms with van der Waals surface area (Å²) in [6, 6.07) is 26.1. The Hall–Kier alpha value is -4.41. The zero-order valence-electron chi connectivity index (χ0n) is 37.3. The van der Waals surface area contributed by atoms with Crippen LogP contribution >= 0.6 is 11.3 Å². The smallest absolute Gasteiger partial charge is 0.413 e. The van der Waals surface area contributed by atoms with Gasteiger partial charge in [0.05, 0.1) is 37.6 Å². The minimum Gasteiger partial charge on any atom is -0.497 e. The van der Waals surface area contributed by atoms with Gasteiger partial charge in [0.1, 0.15) is 52.9 Å². The lowest BCUT2D eigenvalue weighted by Crippen LogP contribution is -2.55. The van der Waals surface area contributed by atoms with Crippen LogP contribution in [0.4, 0.5) is 10.6 Å². The van der Waals surface area contributed by atoms with Gasteiger partial charge < -0.3 is 37.6 Å². The largest absolute Gasteiger partial charge is 0.497 e. The van der Waals surface area contributed by atoms with E-state index in [0.717, 1.165) is 33.8 Å². The summed E-state index contributed by atoms with van der Waals surface area (Å²) in [5.74, 6) is 0.821. The fourth-order valence-corrected chi connectivity index (χ4v) is 9.73. The summed E-state index contributed by atoms with van der Waals surface area (Å²) in [6.07, 6.45) is -1.05. The quantitative estimate of drug-likeness (QED) is 0.0897. The Morgan fingerprint density at radius 1 is 0.803 bits per heavy atom. The number of carbonyl (C=O) groups excluding carboxylic acids is 1. The van der Waals surface area contributed by atoms with Gasteiger partial charge in [-0.05, 0) is 99.1 Å². The predicted octanol–water partition coefficient (Wildman–Crippen LogP) is 10.4. The number of fused-ring (bicyclic) bond motifs is 2. The standard InChI is InChI=1S/C47H59N3O9SSi/c1-43(2,3)59-42(51)50-41-39-36(48-29-49-41)35(26-60-39)37-38-40(58-45(7,8)56-38)46(57-37,28-55-61(11,12)44(4,5)6)27-54-47(30-16-14-13-15-17-30,31-18-22-33(52-9)23-19-31)32-20-24-34(53-10)25-21-32/h13-26,29,37-38,40H,27-28H2,1-12H3,(H,48,49,50,51)/t37-,38-,40-,46+/m0/s1. The van der Waals surface area contributed by atoms with E-state index in [1.165, 1.54) is 17.7 Å². The number of amides is 1. The van der Waals surface area contributed by atoms with Crippen molar-refractivity contribution in [1.82, 2.24) is 9.97 Å². The van der Waals surface area contributed by atoms with Crippen molar-refractivity contribution in [3.63, 3.8) is 0 Å². The van der Waals surface area contributed by atoms with Crippen molar-refractivity contribution in [2.75, 3.05) is 32.8 Å². The van der Waals surface area contributed by atoms with Crippen molar-refractivity contribution in [3.8, 4) is 11.5 Å². The monoisotopic (exact) mass is 869 g/mol. The van der Waals surface area contributed by atoms with Gasteiger partial charge in [-0.3, -0.25) is 5.32 Å². The Morgan fingerprint density at radius 2 is 1.39 bits per heavy atom. The van der Waals surface area contributed by atoms with Crippen LogP contribution in [0.25, 0.3) is 10.2 Å². The molecule has 2 aliphatic heterocycles. The molecule has 0 radical (unpaired) electrons. The number of hydrogen-bond acceptors (Lipinski definition) is 12. The zero-order chi connectivity index (χ0) is 44.0. The number of ether oxygens (including phenoxy) is 7. The number of nitrogens with zero attached hydrogens (tertiary/aromatic N) is 2. The summed E-state index contributed by atoms with van der Waals surface area (Å²) in [6.45, 7) is 20.6. The zero-order valence-corrected chi connectivity index (χ0v) is 39.1. The average Bonchev–Trinajstić information content (AvgIpc) is 3.87. The second kappa shape index (κ2) is 16.7. The highest BCUT2D eigenvalue weighted by atomic mass is 32.1. The number of thiophene rings is 1. The molecule has 4 atom stereocenters. The first kappa shape index (κ1) is 44.6. The second-order valence-corrected chi connectivity index (χ2v) is 24.4. The van der Waals surface area contributed by atoms with Crippen LogP contribution in [0, 0.1) is 0 Å². The van der Waals surface area contributed by atoms with Gasteiger partial charge in [0.2, 0.25) is 0 Å². The van der Waals surface area contributed by atoms with Gasteiger partial charge in [0.15, 0.2) is 19.9 Å². The fraction of sp³-hybridized carbons (Fsp3) is 0.468. The van der Waals surface area contributed by atoms with Crippen molar-refractivity contribution in [1.29, 1.82) is 0 Å². The highest BCUT2D eigenvalue weighted by Crippen LogP contribution is 2.54. The molecular weight excluding hydrogens is 811 g/mol. The molecule has 12 nitrogen and oxygen atoms in total. The van der Waals surface area contributed by atoms with Gasteiger partial charge in [-0.1, -0.05) is 75.4 Å². The Kier molecular flexibility index (Phi) is 12.2. The lowest BCUT2D eigenvalue weighted by atomic mass is 9.79. The van der Waals surface area contributed by atoms with Crippen LogP contribution in [-0.2, 0) is 33.7 Å². The number of aromatic nitrogens is 2.